The van der Waals surface area contributed by atoms with Crippen molar-refractivity contribution >= 4 is 85.8 Å². The number of hydrogen-bond acceptors (Lipinski definition) is 5. The maximum Gasteiger partial charge on any atom is 0.165 e. The highest BCUT2D eigenvalue weighted by Gasteiger charge is 2.18. The lowest BCUT2D eigenvalue weighted by Crippen LogP contribution is -2.00. The van der Waals surface area contributed by atoms with Crippen molar-refractivity contribution < 1.29 is 4.42 Å². The third-order valence-electron chi connectivity index (χ3n) is 11.1. The van der Waals surface area contributed by atoms with Crippen LogP contribution in [0, 0.1) is 0 Å². The number of furan rings is 1. The maximum atomic E-state index is 6.53. The summed E-state index contributed by atoms with van der Waals surface area (Å²) in [5.74, 6) is 1.89. The minimum atomic E-state index is 0.603. The van der Waals surface area contributed by atoms with Gasteiger partial charge in [-0.25, -0.2) is 15.0 Å². The standard InChI is InChI=1S/C51H29N3OS/c1-2-11-30(12-3-1)49-52-50(54-51(53-49)42-19-10-18-41-40-17-8-9-20-47(40)56-48(41)42)33-22-25-39-44-28-32(23-26-45(44)55-46(39)29-33)31-21-24-38-36-15-5-4-13-34(36)35-14-6-7-16-37(35)43(38)27-31/h1-29H. The number of aromatic nitrogens is 3. The average Bonchev–Trinajstić information content (AvgIpc) is 3.84. The van der Waals surface area contributed by atoms with Crippen molar-refractivity contribution in [3.63, 3.8) is 0 Å². The Bertz CT molecular complexity index is 3510. The minimum absolute atomic E-state index is 0.603. The highest BCUT2D eigenvalue weighted by Crippen LogP contribution is 2.41. The second kappa shape index (κ2) is 12.2. The molecular weight excluding hydrogens is 703 g/mol. The molecule has 0 saturated carbocycles. The van der Waals surface area contributed by atoms with Gasteiger partial charge in [-0.15, -0.1) is 11.3 Å². The Morgan fingerprint density at radius 3 is 1.64 bits per heavy atom. The lowest BCUT2D eigenvalue weighted by molar-refractivity contribution is 0.669. The summed E-state index contributed by atoms with van der Waals surface area (Å²) in [5.41, 5.74) is 6.76. The van der Waals surface area contributed by atoms with Gasteiger partial charge in [-0.2, -0.15) is 0 Å². The van der Waals surface area contributed by atoms with Gasteiger partial charge < -0.3 is 4.42 Å². The molecule has 260 valence electrons. The molecule has 5 heteroatoms. The molecule has 12 rings (SSSR count). The molecule has 0 aliphatic heterocycles. The van der Waals surface area contributed by atoms with Crippen molar-refractivity contribution in [3.8, 4) is 45.3 Å². The van der Waals surface area contributed by atoms with Crippen LogP contribution in [-0.4, -0.2) is 15.0 Å². The van der Waals surface area contributed by atoms with Gasteiger partial charge in [0.15, 0.2) is 17.5 Å². The fourth-order valence-corrected chi connectivity index (χ4v) is 9.66. The van der Waals surface area contributed by atoms with E-state index in [-0.39, 0.29) is 0 Å². The molecule has 0 fully saturated rings. The van der Waals surface area contributed by atoms with E-state index in [2.05, 4.69) is 146 Å². The monoisotopic (exact) mass is 731 g/mol. The molecule has 0 spiro atoms. The summed E-state index contributed by atoms with van der Waals surface area (Å²) in [5, 5.41) is 12.2. The molecular formula is C51H29N3OS. The fourth-order valence-electron chi connectivity index (χ4n) is 8.45. The summed E-state index contributed by atoms with van der Waals surface area (Å²) >= 11 is 1.78. The van der Waals surface area contributed by atoms with Gasteiger partial charge in [0.25, 0.3) is 0 Å². The van der Waals surface area contributed by atoms with E-state index in [0.717, 1.165) is 44.2 Å². The first-order chi connectivity index (χ1) is 27.7. The average molecular weight is 732 g/mol. The van der Waals surface area contributed by atoms with Crippen LogP contribution in [0.5, 0.6) is 0 Å². The number of rotatable bonds is 4. The second-order valence-electron chi connectivity index (χ2n) is 14.3. The van der Waals surface area contributed by atoms with Gasteiger partial charge in [-0.05, 0) is 85.9 Å². The zero-order valence-corrected chi connectivity index (χ0v) is 30.7. The molecule has 0 radical (unpaired) electrons. The summed E-state index contributed by atoms with van der Waals surface area (Å²) < 4.78 is 8.95. The molecule has 56 heavy (non-hydrogen) atoms. The van der Waals surface area contributed by atoms with E-state index in [1.54, 1.807) is 11.3 Å². The molecule has 0 aliphatic rings. The first-order valence-corrected chi connectivity index (χ1v) is 19.6. The predicted molar refractivity (Wildman–Crippen MR) is 234 cm³/mol. The summed E-state index contributed by atoms with van der Waals surface area (Å²) in [6.45, 7) is 0. The molecule has 12 aromatic rings. The van der Waals surface area contributed by atoms with Crippen molar-refractivity contribution in [1.29, 1.82) is 0 Å². The Hall–Kier alpha value is -7.21. The molecule has 0 unspecified atom stereocenters. The van der Waals surface area contributed by atoms with Gasteiger partial charge in [0.05, 0.1) is 0 Å². The van der Waals surface area contributed by atoms with E-state index in [1.165, 1.54) is 58.1 Å². The Labute approximate surface area is 325 Å². The van der Waals surface area contributed by atoms with E-state index in [1.807, 2.05) is 30.3 Å². The minimum Gasteiger partial charge on any atom is -0.456 e. The lowest BCUT2D eigenvalue weighted by Gasteiger charge is -2.12. The molecule has 0 atom stereocenters. The number of nitrogens with zero attached hydrogens (tertiary/aromatic N) is 3. The molecule has 0 bridgehead atoms. The van der Waals surface area contributed by atoms with Gasteiger partial charge in [0.2, 0.25) is 0 Å². The van der Waals surface area contributed by atoms with Gasteiger partial charge >= 0.3 is 0 Å². The van der Waals surface area contributed by atoms with Gasteiger partial charge in [0, 0.05) is 47.6 Å². The molecule has 4 nitrogen and oxygen atoms in total. The van der Waals surface area contributed by atoms with Gasteiger partial charge in [-0.3, -0.25) is 0 Å². The van der Waals surface area contributed by atoms with E-state index >= 15 is 0 Å². The van der Waals surface area contributed by atoms with Crippen molar-refractivity contribution in [2.45, 2.75) is 0 Å². The van der Waals surface area contributed by atoms with Crippen LogP contribution in [0.15, 0.2) is 180 Å². The van der Waals surface area contributed by atoms with E-state index < -0.39 is 0 Å². The molecule has 3 aromatic heterocycles. The molecule has 0 saturated heterocycles. The normalized spacial score (nSPS) is 11.9. The highest BCUT2D eigenvalue weighted by atomic mass is 32.1. The van der Waals surface area contributed by atoms with Crippen LogP contribution < -0.4 is 0 Å². The summed E-state index contributed by atoms with van der Waals surface area (Å²) in [7, 11) is 0. The topological polar surface area (TPSA) is 51.8 Å². The third kappa shape index (κ3) is 4.81. The van der Waals surface area contributed by atoms with Crippen molar-refractivity contribution in [2.75, 3.05) is 0 Å². The summed E-state index contributed by atoms with van der Waals surface area (Å²) in [6, 6.07) is 62.2. The van der Waals surface area contributed by atoms with Crippen LogP contribution in [0.4, 0.5) is 0 Å². The maximum absolute atomic E-state index is 6.53. The number of benzene rings is 9. The van der Waals surface area contributed by atoms with Gasteiger partial charge in [-0.1, -0.05) is 133 Å². The first-order valence-electron chi connectivity index (χ1n) is 18.8. The molecule has 0 aliphatic carbocycles. The van der Waals surface area contributed by atoms with E-state index in [0.29, 0.717) is 17.5 Å². The highest BCUT2D eigenvalue weighted by molar-refractivity contribution is 7.26. The lowest BCUT2D eigenvalue weighted by atomic mass is 9.92. The van der Waals surface area contributed by atoms with E-state index in [4.69, 9.17) is 19.4 Å². The van der Waals surface area contributed by atoms with Gasteiger partial charge in [0.1, 0.15) is 11.2 Å². The van der Waals surface area contributed by atoms with Crippen LogP contribution in [0.1, 0.15) is 0 Å². The van der Waals surface area contributed by atoms with E-state index in [9.17, 15) is 0 Å². The van der Waals surface area contributed by atoms with Crippen molar-refractivity contribution in [2.24, 2.45) is 0 Å². The Balaban J connectivity index is 0.991. The third-order valence-corrected chi connectivity index (χ3v) is 12.3. The first kappa shape index (κ1) is 31.2. The van der Waals surface area contributed by atoms with Crippen LogP contribution in [-0.2, 0) is 0 Å². The fraction of sp³-hybridized carbons (Fsp3) is 0. The zero-order valence-electron chi connectivity index (χ0n) is 29.9. The van der Waals surface area contributed by atoms with Crippen LogP contribution in [0.2, 0.25) is 0 Å². The summed E-state index contributed by atoms with van der Waals surface area (Å²) in [4.78, 5) is 15.3. The van der Waals surface area contributed by atoms with Crippen LogP contribution in [0.25, 0.3) is 120 Å². The number of hydrogen-bond donors (Lipinski definition) is 0. The van der Waals surface area contributed by atoms with Crippen LogP contribution >= 0.6 is 11.3 Å². The largest absolute Gasteiger partial charge is 0.456 e. The molecule has 0 amide bonds. The number of fused-ring (bicyclic) bond motifs is 12. The second-order valence-corrected chi connectivity index (χ2v) is 15.4. The smallest absolute Gasteiger partial charge is 0.165 e. The molecule has 3 heterocycles. The SMILES string of the molecule is c1ccc(-c2nc(-c3ccc4c(c3)oc3ccc(-c5ccc6c7ccccc7c7ccccc7c6c5)cc34)nc(-c3cccc4c3sc3ccccc34)n2)cc1. The Morgan fingerprint density at radius 1 is 0.321 bits per heavy atom. The molecule has 9 aromatic carbocycles. The summed E-state index contributed by atoms with van der Waals surface area (Å²) in [6.07, 6.45) is 0. The quantitative estimate of drug-likeness (QED) is 0.169. The van der Waals surface area contributed by atoms with Crippen molar-refractivity contribution in [1.82, 2.24) is 15.0 Å². The Morgan fingerprint density at radius 2 is 0.875 bits per heavy atom. The Kier molecular flexibility index (Phi) is 6.76. The van der Waals surface area contributed by atoms with Crippen molar-refractivity contribution in [3.05, 3.63) is 176 Å². The number of thiophene rings is 1. The predicted octanol–water partition coefficient (Wildman–Crippen LogP) is 14.3. The van der Waals surface area contributed by atoms with Crippen LogP contribution in [0.3, 0.4) is 0 Å². The zero-order chi connectivity index (χ0) is 36.7. The molecule has 0 N–H and O–H groups in total.